The molecule has 162 valence electrons. The van der Waals surface area contributed by atoms with Gasteiger partial charge in [0.05, 0.1) is 11.3 Å². The van der Waals surface area contributed by atoms with Crippen LogP contribution >= 0.6 is 0 Å². The van der Waals surface area contributed by atoms with Gasteiger partial charge in [-0.2, -0.15) is 5.10 Å². The van der Waals surface area contributed by atoms with Crippen LogP contribution in [0.15, 0.2) is 84.4 Å². The van der Waals surface area contributed by atoms with Crippen LogP contribution in [0, 0.1) is 13.8 Å². The van der Waals surface area contributed by atoms with Gasteiger partial charge in [0.15, 0.2) is 12.6 Å². The SMILES string of the molecule is Cc1ccc(C2=C(C=O)C(c3ccccc3)n3nc(-c4ccc(C)cc4)c(C=O)c3N2)cc1. The van der Waals surface area contributed by atoms with Crippen molar-refractivity contribution in [1.29, 1.82) is 0 Å². The van der Waals surface area contributed by atoms with Crippen LogP contribution in [-0.2, 0) is 4.79 Å². The number of carbonyl (C=O) groups is 2. The maximum atomic E-state index is 12.5. The minimum absolute atomic E-state index is 0.464. The molecule has 1 aliphatic rings. The molecule has 0 fully saturated rings. The molecule has 0 saturated carbocycles. The number of allylic oxidation sites excluding steroid dienone is 1. The highest BCUT2D eigenvalue weighted by Gasteiger charge is 2.34. The molecule has 1 atom stereocenters. The molecule has 5 rings (SSSR count). The molecule has 5 nitrogen and oxygen atoms in total. The van der Waals surface area contributed by atoms with Crippen molar-refractivity contribution in [3.05, 3.63) is 112 Å². The van der Waals surface area contributed by atoms with Crippen molar-refractivity contribution in [2.75, 3.05) is 5.32 Å². The van der Waals surface area contributed by atoms with E-state index in [1.54, 1.807) is 4.68 Å². The van der Waals surface area contributed by atoms with E-state index in [0.29, 0.717) is 28.3 Å². The molecule has 33 heavy (non-hydrogen) atoms. The summed E-state index contributed by atoms with van der Waals surface area (Å²) in [6.45, 7) is 4.04. The summed E-state index contributed by atoms with van der Waals surface area (Å²) in [7, 11) is 0. The molecular formula is C28H23N3O2. The van der Waals surface area contributed by atoms with Crippen LogP contribution in [0.3, 0.4) is 0 Å². The van der Waals surface area contributed by atoms with Crippen LogP contribution in [0.2, 0.25) is 0 Å². The highest BCUT2D eigenvalue weighted by Crippen LogP contribution is 2.42. The molecule has 5 heteroatoms. The summed E-state index contributed by atoms with van der Waals surface area (Å²) in [6, 6.07) is 25.2. The third kappa shape index (κ3) is 3.57. The molecule has 2 heterocycles. The van der Waals surface area contributed by atoms with Crippen molar-refractivity contribution in [2.24, 2.45) is 0 Å². The molecule has 0 radical (unpaired) electrons. The summed E-state index contributed by atoms with van der Waals surface area (Å²) in [6.07, 6.45) is 1.72. The largest absolute Gasteiger partial charge is 0.339 e. The molecule has 1 aromatic heterocycles. The van der Waals surface area contributed by atoms with Gasteiger partial charge in [-0.25, -0.2) is 4.68 Å². The summed E-state index contributed by atoms with van der Waals surface area (Å²) in [5.41, 5.74) is 7.20. The van der Waals surface area contributed by atoms with Gasteiger partial charge in [0.1, 0.15) is 17.6 Å². The van der Waals surface area contributed by atoms with Crippen molar-refractivity contribution >= 4 is 24.1 Å². The van der Waals surface area contributed by atoms with Crippen molar-refractivity contribution in [2.45, 2.75) is 19.9 Å². The summed E-state index contributed by atoms with van der Waals surface area (Å²) in [5.74, 6) is 0.579. The number of fused-ring (bicyclic) bond motifs is 1. The molecule has 4 aromatic rings. The Balaban J connectivity index is 1.77. The summed E-state index contributed by atoms with van der Waals surface area (Å²) in [5, 5.41) is 8.22. The number of rotatable bonds is 5. The number of nitrogens with zero attached hydrogens (tertiary/aromatic N) is 2. The molecule has 3 aromatic carbocycles. The molecule has 1 N–H and O–H groups in total. The first-order chi connectivity index (χ1) is 16.1. The van der Waals surface area contributed by atoms with E-state index in [2.05, 4.69) is 5.32 Å². The van der Waals surface area contributed by atoms with E-state index in [1.165, 1.54) is 0 Å². The Morgan fingerprint density at radius 1 is 0.788 bits per heavy atom. The Morgan fingerprint density at radius 3 is 1.97 bits per heavy atom. The van der Waals surface area contributed by atoms with E-state index in [-0.39, 0.29) is 0 Å². The average Bonchev–Trinajstić information content (AvgIpc) is 3.22. The molecule has 0 amide bonds. The van der Waals surface area contributed by atoms with E-state index in [4.69, 9.17) is 5.10 Å². The van der Waals surface area contributed by atoms with E-state index < -0.39 is 6.04 Å². The first-order valence-corrected chi connectivity index (χ1v) is 10.8. The lowest BCUT2D eigenvalue weighted by Gasteiger charge is -2.29. The van der Waals surface area contributed by atoms with Gasteiger partial charge in [-0.05, 0) is 25.0 Å². The molecule has 0 saturated heterocycles. The molecule has 0 bridgehead atoms. The fourth-order valence-electron chi connectivity index (χ4n) is 4.29. The summed E-state index contributed by atoms with van der Waals surface area (Å²) in [4.78, 5) is 24.8. The Hall–Kier alpha value is -4.25. The van der Waals surface area contributed by atoms with Crippen LogP contribution in [0.5, 0.6) is 0 Å². The van der Waals surface area contributed by atoms with E-state index in [1.807, 2.05) is 92.7 Å². The van der Waals surface area contributed by atoms with Crippen molar-refractivity contribution < 1.29 is 9.59 Å². The molecular weight excluding hydrogens is 410 g/mol. The number of aryl methyl sites for hydroxylation is 2. The number of carbonyl (C=O) groups excluding carboxylic acids is 2. The quantitative estimate of drug-likeness (QED) is 0.416. The Morgan fingerprint density at radius 2 is 1.39 bits per heavy atom. The maximum Gasteiger partial charge on any atom is 0.156 e. The average molecular weight is 434 g/mol. The Bertz CT molecular complexity index is 1370. The number of anilines is 1. The van der Waals surface area contributed by atoms with Crippen LogP contribution in [0.1, 0.15) is 38.7 Å². The third-order valence-corrected chi connectivity index (χ3v) is 6.04. The predicted molar refractivity (Wildman–Crippen MR) is 130 cm³/mol. The zero-order valence-electron chi connectivity index (χ0n) is 18.4. The van der Waals surface area contributed by atoms with Crippen molar-refractivity contribution in [3.63, 3.8) is 0 Å². The molecule has 0 spiro atoms. The second-order valence-corrected chi connectivity index (χ2v) is 8.29. The highest BCUT2D eigenvalue weighted by atomic mass is 16.1. The standard InChI is InChI=1S/C28H23N3O2/c1-18-8-12-20(13-9-18)25-23(16-32)27(22-6-4-3-5-7-22)31-28(29-25)24(17-33)26(30-31)21-14-10-19(2)11-15-21/h3-17,27,29H,1-2H3. The number of aldehydes is 2. The van der Waals surface area contributed by atoms with Crippen LogP contribution in [0.25, 0.3) is 17.0 Å². The number of nitrogens with one attached hydrogen (secondary N) is 1. The van der Waals surface area contributed by atoms with Gasteiger partial charge >= 0.3 is 0 Å². The Labute approximate surface area is 192 Å². The van der Waals surface area contributed by atoms with Gasteiger partial charge in [0.2, 0.25) is 0 Å². The fraction of sp³-hybridized carbons (Fsp3) is 0.107. The number of hydrogen-bond donors (Lipinski definition) is 1. The minimum Gasteiger partial charge on any atom is -0.339 e. The smallest absolute Gasteiger partial charge is 0.156 e. The highest BCUT2D eigenvalue weighted by molar-refractivity contribution is 6.00. The monoisotopic (exact) mass is 433 g/mol. The minimum atomic E-state index is -0.464. The van der Waals surface area contributed by atoms with Crippen LogP contribution < -0.4 is 5.32 Å². The Kier molecular flexibility index (Phi) is 5.23. The van der Waals surface area contributed by atoms with E-state index >= 15 is 0 Å². The van der Waals surface area contributed by atoms with Crippen LogP contribution in [0.4, 0.5) is 5.82 Å². The first kappa shape index (κ1) is 20.6. The number of aromatic nitrogens is 2. The van der Waals surface area contributed by atoms with E-state index in [9.17, 15) is 9.59 Å². The second kappa shape index (κ2) is 8.36. The summed E-state index contributed by atoms with van der Waals surface area (Å²) >= 11 is 0. The van der Waals surface area contributed by atoms with Gasteiger partial charge < -0.3 is 5.32 Å². The van der Waals surface area contributed by atoms with Crippen LogP contribution in [-0.4, -0.2) is 22.4 Å². The topological polar surface area (TPSA) is 64.0 Å². The van der Waals surface area contributed by atoms with Gasteiger partial charge in [-0.3, -0.25) is 9.59 Å². The van der Waals surface area contributed by atoms with Gasteiger partial charge in [0.25, 0.3) is 0 Å². The lowest BCUT2D eigenvalue weighted by atomic mass is 9.93. The molecule has 0 aliphatic carbocycles. The lowest BCUT2D eigenvalue weighted by molar-refractivity contribution is -0.105. The van der Waals surface area contributed by atoms with Gasteiger partial charge in [-0.1, -0.05) is 90.0 Å². The molecule has 1 unspecified atom stereocenters. The van der Waals surface area contributed by atoms with Crippen molar-refractivity contribution in [3.8, 4) is 11.3 Å². The zero-order chi connectivity index (χ0) is 22.9. The molecule has 1 aliphatic heterocycles. The third-order valence-electron chi connectivity index (χ3n) is 6.04. The van der Waals surface area contributed by atoms with Crippen molar-refractivity contribution in [1.82, 2.24) is 9.78 Å². The summed E-state index contributed by atoms with van der Waals surface area (Å²) < 4.78 is 1.76. The fourth-order valence-corrected chi connectivity index (χ4v) is 4.29. The zero-order valence-corrected chi connectivity index (χ0v) is 18.4. The normalized spacial score (nSPS) is 15.0. The lowest BCUT2D eigenvalue weighted by Crippen LogP contribution is -2.25. The first-order valence-electron chi connectivity index (χ1n) is 10.8. The van der Waals surface area contributed by atoms with Gasteiger partial charge in [-0.15, -0.1) is 0 Å². The maximum absolute atomic E-state index is 12.5. The number of hydrogen-bond acceptors (Lipinski definition) is 4. The second-order valence-electron chi connectivity index (χ2n) is 8.29. The predicted octanol–water partition coefficient (Wildman–Crippen LogP) is 5.60. The number of benzene rings is 3. The van der Waals surface area contributed by atoms with E-state index in [0.717, 1.165) is 40.4 Å². The van der Waals surface area contributed by atoms with Gasteiger partial charge in [0, 0.05) is 11.1 Å².